The Balaban J connectivity index is 1.53. The molecule has 3 aromatic rings. The maximum Gasteiger partial charge on any atom is 0.230 e. The molecule has 0 saturated carbocycles. The number of nitrogens with zero attached hydrogens (tertiary/aromatic N) is 4. The first-order valence-electron chi connectivity index (χ1n) is 8.96. The normalized spacial score (nSPS) is 12.0. The second-order valence-corrected chi connectivity index (χ2v) is 7.68. The zero-order valence-corrected chi connectivity index (χ0v) is 17.0. The maximum absolute atomic E-state index is 12.3. The number of hydrogen-bond donors (Lipinski definition) is 2. The number of hydrogen-bond acceptors (Lipinski definition) is 7. The Bertz CT molecular complexity index is 978. The lowest BCUT2D eigenvalue weighted by molar-refractivity contribution is -0.119. The summed E-state index contributed by atoms with van der Waals surface area (Å²) < 4.78 is 0. The van der Waals surface area contributed by atoms with E-state index in [1.54, 1.807) is 4.90 Å². The number of nitrogens with two attached hydrogens (primary N) is 1. The molecule has 0 aliphatic heterocycles. The minimum absolute atomic E-state index is 0.0273. The molecule has 3 N–H and O–H groups in total. The number of nitrogen functional groups attached to an aromatic ring is 1. The molecule has 1 aromatic heterocycles. The molecule has 0 aliphatic rings. The number of thioether (sulfide) groups is 1. The van der Waals surface area contributed by atoms with Gasteiger partial charge in [0.25, 0.3) is 0 Å². The van der Waals surface area contributed by atoms with Crippen LogP contribution in [0, 0.1) is 0 Å². The monoisotopic (exact) mass is 396 g/mol. The number of rotatable bonds is 7. The number of carbonyl (C=O) groups is 1. The van der Waals surface area contributed by atoms with Gasteiger partial charge in [-0.25, -0.2) is 0 Å². The van der Waals surface area contributed by atoms with Gasteiger partial charge >= 0.3 is 0 Å². The summed E-state index contributed by atoms with van der Waals surface area (Å²) in [6.07, 6.45) is 0. The van der Waals surface area contributed by atoms with Gasteiger partial charge in [0.1, 0.15) is 5.82 Å². The smallest absolute Gasteiger partial charge is 0.230 e. The molecule has 8 heteroatoms. The largest absolute Gasteiger partial charge is 0.368 e. The number of fused-ring (bicyclic) bond motifs is 1. The molecule has 0 saturated heterocycles. The Hall–Kier alpha value is -2.87. The van der Waals surface area contributed by atoms with Crippen molar-refractivity contribution in [3.8, 4) is 0 Å². The van der Waals surface area contributed by atoms with E-state index >= 15 is 0 Å². The van der Waals surface area contributed by atoms with Gasteiger partial charge in [0, 0.05) is 14.1 Å². The van der Waals surface area contributed by atoms with Gasteiger partial charge in [0.15, 0.2) is 0 Å². The lowest BCUT2D eigenvalue weighted by Crippen LogP contribution is -2.28. The third kappa shape index (κ3) is 5.10. The molecule has 0 bridgehead atoms. The number of anilines is 2. The van der Waals surface area contributed by atoms with Crippen molar-refractivity contribution in [3.63, 3.8) is 0 Å². The van der Waals surface area contributed by atoms with Crippen LogP contribution >= 0.6 is 11.8 Å². The highest BCUT2D eigenvalue weighted by Gasteiger charge is 2.12. The molecule has 1 heterocycles. The Kier molecular flexibility index (Phi) is 6.30. The Labute approximate surface area is 168 Å². The van der Waals surface area contributed by atoms with Crippen LogP contribution in [0.1, 0.15) is 24.4 Å². The quantitative estimate of drug-likeness (QED) is 0.634. The molecule has 28 heavy (non-hydrogen) atoms. The van der Waals surface area contributed by atoms with Gasteiger partial charge in [-0.2, -0.15) is 15.0 Å². The van der Waals surface area contributed by atoms with Crippen LogP contribution in [0.3, 0.4) is 0 Å². The summed E-state index contributed by atoms with van der Waals surface area (Å²) in [5.74, 6) is 2.05. The third-order valence-electron chi connectivity index (χ3n) is 4.20. The van der Waals surface area contributed by atoms with Crippen molar-refractivity contribution < 1.29 is 4.79 Å². The van der Waals surface area contributed by atoms with Crippen LogP contribution in [-0.2, 0) is 10.5 Å². The molecule has 3 rings (SSSR count). The van der Waals surface area contributed by atoms with E-state index in [4.69, 9.17) is 5.73 Å². The third-order valence-corrected chi connectivity index (χ3v) is 5.13. The predicted octanol–water partition coefficient (Wildman–Crippen LogP) is 2.78. The van der Waals surface area contributed by atoms with Crippen molar-refractivity contribution in [2.75, 3.05) is 30.5 Å². The summed E-state index contributed by atoms with van der Waals surface area (Å²) in [6, 6.07) is 14.4. The van der Waals surface area contributed by atoms with Gasteiger partial charge in [0.05, 0.1) is 17.5 Å². The van der Waals surface area contributed by atoms with Crippen LogP contribution in [0.4, 0.5) is 11.9 Å². The highest BCUT2D eigenvalue weighted by molar-refractivity contribution is 7.99. The minimum Gasteiger partial charge on any atom is -0.368 e. The minimum atomic E-state index is -0.0640. The van der Waals surface area contributed by atoms with Crippen molar-refractivity contribution in [3.05, 3.63) is 53.9 Å². The highest BCUT2D eigenvalue weighted by Crippen LogP contribution is 2.20. The molecule has 2 aromatic carbocycles. The topological polar surface area (TPSA) is 97.0 Å². The van der Waals surface area contributed by atoms with Crippen LogP contribution in [-0.4, -0.2) is 40.7 Å². The Morgan fingerprint density at radius 3 is 2.64 bits per heavy atom. The van der Waals surface area contributed by atoms with E-state index in [2.05, 4.69) is 50.6 Å². The second kappa shape index (κ2) is 8.88. The van der Waals surface area contributed by atoms with Crippen LogP contribution in [0.5, 0.6) is 0 Å². The van der Waals surface area contributed by atoms with Gasteiger partial charge in [-0.15, -0.1) is 11.8 Å². The first-order valence-corrected chi connectivity index (χ1v) is 10.1. The molecule has 0 radical (unpaired) electrons. The average Bonchev–Trinajstić information content (AvgIpc) is 2.67. The van der Waals surface area contributed by atoms with Crippen molar-refractivity contribution in [1.29, 1.82) is 0 Å². The molecular formula is C20H24N6OS. The summed E-state index contributed by atoms with van der Waals surface area (Å²) >= 11 is 1.44. The standard InChI is InChI=1S/C20H24N6OS/c1-13(15-9-8-14-6-4-5-7-16(14)10-15)22-18(27)12-28-11-17-23-19(21)25-20(24-17)26(2)3/h4-10,13H,11-12H2,1-3H3,(H,22,27)(H2,21,23,24,25)/t13-/m0/s1. The Morgan fingerprint density at radius 1 is 1.14 bits per heavy atom. The fraction of sp³-hybridized carbons (Fsp3) is 0.300. The summed E-state index contributed by atoms with van der Waals surface area (Å²) in [5, 5.41) is 5.40. The van der Waals surface area contributed by atoms with Gasteiger partial charge < -0.3 is 16.0 Å². The molecule has 1 atom stereocenters. The molecule has 0 fully saturated rings. The Morgan fingerprint density at radius 2 is 1.89 bits per heavy atom. The van der Waals surface area contributed by atoms with Gasteiger partial charge in [-0.05, 0) is 29.3 Å². The van der Waals surface area contributed by atoms with E-state index in [1.165, 1.54) is 22.5 Å². The van der Waals surface area contributed by atoms with E-state index in [-0.39, 0.29) is 17.9 Å². The molecule has 1 amide bonds. The first kappa shape index (κ1) is 19.9. The van der Waals surface area contributed by atoms with Crippen LogP contribution in [0.2, 0.25) is 0 Å². The van der Waals surface area contributed by atoms with Crippen LogP contribution in [0.15, 0.2) is 42.5 Å². The number of amides is 1. The molecule has 7 nitrogen and oxygen atoms in total. The van der Waals surface area contributed by atoms with Crippen molar-refractivity contribution in [2.24, 2.45) is 0 Å². The maximum atomic E-state index is 12.3. The molecule has 146 valence electrons. The lowest BCUT2D eigenvalue weighted by Gasteiger charge is -2.15. The van der Waals surface area contributed by atoms with Crippen LogP contribution < -0.4 is 16.0 Å². The van der Waals surface area contributed by atoms with E-state index < -0.39 is 0 Å². The van der Waals surface area contributed by atoms with E-state index in [0.29, 0.717) is 23.3 Å². The molecule has 0 aliphatic carbocycles. The number of aromatic nitrogens is 3. The number of nitrogens with one attached hydrogen (secondary N) is 1. The summed E-state index contributed by atoms with van der Waals surface area (Å²) in [7, 11) is 3.68. The van der Waals surface area contributed by atoms with Crippen molar-refractivity contribution >= 4 is 40.3 Å². The van der Waals surface area contributed by atoms with Crippen molar-refractivity contribution in [2.45, 2.75) is 18.7 Å². The fourth-order valence-electron chi connectivity index (χ4n) is 2.77. The zero-order valence-electron chi connectivity index (χ0n) is 16.2. The molecule has 0 unspecified atom stereocenters. The van der Waals surface area contributed by atoms with Crippen LogP contribution in [0.25, 0.3) is 10.8 Å². The predicted molar refractivity (Wildman–Crippen MR) is 115 cm³/mol. The number of carbonyl (C=O) groups excluding carboxylic acids is 1. The average molecular weight is 397 g/mol. The summed E-state index contributed by atoms with van der Waals surface area (Å²) in [4.78, 5) is 26.6. The zero-order chi connectivity index (χ0) is 20.1. The lowest BCUT2D eigenvalue weighted by atomic mass is 10.0. The summed E-state index contributed by atoms with van der Waals surface area (Å²) in [6.45, 7) is 1.99. The van der Waals surface area contributed by atoms with E-state index in [9.17, 15) is 4.79 Å². The first-order chi connectivity index (χ1) is 13.4. The molecule has 0 spiro atoms. The van der Waals surface area contributed by atoms with Gasteiger partial charge in [-0.3, -0.25) is 4.79 Å². The van der Waals surface area contributed by atoms with E-state index in [0.717, 1.165) is 5.56 Å². The summed E-state index contributed by atoms with van der Waals surface area (Å²) in [5.41, 5.74) is 6.80. The number of benzene rings is 2. The highest BCUT2D eigenvalue weighted by atomic mass is 32.2. The molecular weight excluding hydrogens is 372 g/mol. The fourth-order valence-corrected chi connectivity index (χ4v) is 3.45. The second-order valence-electron chi connectivity index (χ2n) is 6.69. The van der Waals surface area contributed by atoms with E-state index in [1.807, 2.05) is 33.2 Å². The van der Waals surface area contributed by atoms with Crippen molar-refractivity contribution in [1.82, 2.24) is 20.3 Å². The van der Waals surface area contributed by atoms with Gasteiger partial charge in [0.2, 0.25) is 17.8 Å². The SMILES string of the molecule is C[C@H](NC(=O)CSCc1nc(N)nc(N(C)C)n1)c1ccc2ccccc2c1. The van der Waals surface area contributed by atoms with Gasteiger partial charge in [-0.1, -0.05) is 36.4 Å².